The van der Waals surface area contributed by atoms with Crippen LogP contribution in [0.5, 0.6) is 0 Å². The lowest BCUT2D eigenvalue weighted by Gasteiger charge is -2.30. The molecule has 282 valence electrons. The highest BCUT2D eigenvalue weighted by Gasteiger charge is 2.51. The summed E-state index contributed by atoms with van der Waals surface area (Å²) in [6, 6.07) is 67.8. The Hall–Kier alpha value is -7.69. The maximum Gasteiger partial charge on any atom is 0.164 e. The van der Waals surface area contributed by atoms with Gasteiger partial charge in [0.15, 0.2) is 17.5 Å². The minimum atomic E-state index is -0.453. The number of hydrogen-bond acceptors (Lipinski definition) is 3. The zero-order valence-corrected chi connectivity index (χ0v) is 33.3. The van der Waals surface area contributed by atoms with Crippen molar-refractivity contribution in [3.05, 3.63) is 227 Å². The van der Waals surface area contributed by atoms with Gasteiger partial charge in [0.05, 0.1) is 10.9 Å². The van der Waals surface area contributed by atoms with Crippen molar-refractivity contribution in [2.45, 2.75) is 19.3 Å². The molecule has 1 spiro atoms. The van der Waals surface area contributed by atoms with Crippen LogP contribution in [0.1, 0.15) is 46.3 Å². The van der Waals surface area contributed by atoms with E-state index in [2.05, 4.69) is 176 Å². The van der Waals surface area contributed by atoms with Gasteiger partial charge in [-0.25, -0.2) is 15.0 Å². The topological polar surface area (TPSA) is 43.6 Å². The van der Waals surface area contributed by atoms with Crippen molar-refractivity contribution >= 4 is 33.3 Å². The number of benzene rings is 8. The highest BCUT2D eigenvalue weighted by molar-refractivity contribution is 6.04. The van der Waals surface area contributed by atoms with E-state index in [1.54, 1.807) is 0 Å². The monoisotopic (exact) mass is 766 g/mol. The summed E-state index contributed by atoms with van der Waals surface area (Å²) in [6.45, 7) is 4.38. The van der Waals surface area contributed by atoms with E-state index in [4.69, 9.17) is 15.0 Å². The second-order valence-electron chi connectivity index (χ2n) is 16.0. The summed E-state index contributed by atoms with van der Waals surface area (Å²) in [5.74, 6) is 1.95. The molecule has 0 aliphatic heterocycles. The maximum atomic E-state index is 5.13. The largest absolute Gasteiger partial charge is 0.313 e. The molecule has 0 atom stereocenters. The molecule has 0 saturated heterocycles. The number of hydrogen-bond donors (Lipinski definition) is 0. The third-order valence-electron chi connectivity index (χ3n) is 12.8. The third-order valence-corrected chi connectivity index (χ3v) is 12.8. The highest BCUT2D eigenvalue weighted by atomic mass is 15.0. The Balaban J connectivity index is 1.15. The van der Waals surface area contributed by atoms with E-state index in [0.717, 1.165) is 39.2 Å². The second kappa shape index (κ2) is 13.2. The molecule has 2 aliphatic carbocycles. The van der Waals surface area contributed by atoms with Crippen LogP contribution in [0.3, 0.4) is 0 Å². The van der Waals surface area contributed by atoms with Crippen LogP contribution in [-0.2, 0) is 5.41 Å². The first-order valence-corrected chi connectivity index (χ1v) is 20.6. The van der Waals surface area contributed by atoms with E-state index in [9.17, 15) is 0 Å². The molecule has 0 amide bonds. The first-order valence-electron chi connectivity index (χ1n) is 20.6. The van der Waals surface area contributed by atoms with E-state index >= 15 is 0 Å². The first kappa shape index (κ1) is 34.4. The Labute approximate surface area is 348 Å². The molecule has 10 aromatic rings. The van der Waals surface area contributed by atoms with E-state index in [1.165, 1.54) is 60.7 Å². The molecule has 0 N–H and O–H groups in total. The molecule has 12 rings (SSSR count). The summed E-state index contributed by atoms with van der Waals surface area (Å²) in [7, 11) is 0. The molecular weight excluding hydrogens is 729 g/mol. The molecule has 4 heteroatoms. The van der Waals surface area contributed by atoms with Gasteiger partial charge < -0.3 is 4.57 Å². The van der Waals surface area contributed by atoms with Crippen molar-refractivity contribution in [1.82, 2.24) is 19.5 Å². The first-order chi connectivity index (χ1) is 29.6. The molecule has 0 saturated carbocycles. The number of rotatable bonds is 5. The maximum absolute atomic E-state index is 5.13. The zero-order valence-electron chi connectivity index (χ0n) is 33.3. The quantitative estimate of drug-likeness (QED) is 0.175. The van der Waals surface area contributed by atoms with Gasteiger partial charge in [-0.3, -0.25) is 0 Å². The lowest BCUT2D eigenvalue weighted by Crippen LogP contribution is -2.25. The summed E-state index contributed by atoms with van der Waals surface area (Å²) in [5, 5.41) is 3.62. The predicted molar refractivity (Wildman–Crippen MR) is 246 cm³/mol. The molecule has 0 radical (unpaired) electrons. The highest BCUT2D eigenvalue weighted by Crippen LogP contribution is 2.63. The Morgan fingerprint density at radius 2 is 1.00 bits per heavy atom. The Morgan fingerprint density at radius 1 is 0.483 bits per heavy atom. The zero-order chi connectivity index (χ0) is 40.0. The summed E-state index contributed by atoms with van der Waals surface area (Å²) < 4.78 is 2.45. The van der Waals surface area contributed by atoms with Crippen LogP contribution in [0.4, 0.5) is 0 Å². The minimum absolute atomic E-state index is 0.453. The van der Waals surface area contributed by atoms with E-state index in [-0.39, 0.29) is 0 Å². The van der Waals surface area contributed by atoms with Gasteiger partial charge in [-0.2, -0.15) is 0 Å². The normalized spacial score (nSPS) is 13.4. The van der Waals surface area contributed by atoms with Crippen LogP contribution in [0.25, 0.3) is 84.0 Å². The van der Waals surface area contributed by atoms with Crippen LogP contribution < -0.4 is 0 Å². The van der Waals surface area contributed by atoms with Crippen molar-refractivity contribution in [1.29, 1.82) is 0 Å². The second-order valence-corrected chi connectivity index (χ2v) is 16.0. The molecule has 0 bridgehead atoms. The van der Waals surface area contributed by atoms with E-state index in [0.29, 0.717) is 17.5 Å². The average molecular weight is 767 g/mol. The van der Waals surface area contributed by atoms with Gasteiger partial charge in [-0.1, -0.05) is 164 Å². The van der Waals surface area contributed by atoms with Crippen LogP contribution >= 0.6 is 0 Å². The SMILES string of the molecule is C/C(=C\c1c(C)n(-c2ccc3ccccc3c2)c2cc3c(cc12)C1(c2ccccc2-c2ccccc21)c1ccccc1-3)c1nc(-c2ccccc2)nc(-c2ccccc2)n1. The fourth-order valence-electron chi connectivity index (χ4n) is 10.1. The van der Waals surface area contributed by atoms with Crippen LogP contribution in [0, 0.1) is 6.92 Å². The molecule has 4 nitrogen and oxygen atoms in total. The number of fused-ring (bicyclic) bond motifs is 12. The molecule has 60 heavy (non-hydrogen) atoms. The van der Waals surface area contributed by atoms with Crippen LogP contribution in [-0.4, -0.2) is 19.5 Å². The number of nitrogens with zero attached hydrogens (tertiary/aromatic N) is 4. The summed E-state index contributed by atoms with van der Waals surface area (Å²) in [6.07, 6.45) is 2.30. The summed E-state index contributed by atoms with van der Waals surface area (Å²) in [4.78, 5) is 15.2. The van der Waals surface area contributed by atoms with Crippen LogP contribution in [0.2, 0.25) is 0 Å². The van der Waals surface area contributed by atoms with E-state index < -0.39 is 5.41 Å². The van der Waals surface area contributed by atoms with Gasteiger partial charge in [-0.05, 0) is 105 Å². The van der Waals surface area contributed by atoms with Crippen molar-refractivity contribution in [2.24, 2.45) is 0 Å². The standard InChI is InChI=1S/C56H38N4/c1-35(53-57-54(38-18-5-3-6-19-38)59-55(58-53)39-20-7-4-8-21-39)31-45-36(2)60(41-30-29-37-17-9-10-22-40(37)32-41)52-34-46-44-25-13-16-28-50(44)56(51(46)33-47(45)52)48-26-14-11-23-42(48)43-24-12-15-27-49(43)56/h3-34H,1-2H3/b35-31+. The predicted octanol–water partition coefficient (Wildman–Crippen LogP) is 13.5. The van der Waals surface area contributed by atoms with Gasteiger partial charge in [0.2, 0.25) is 0 Å². The summed E-state index contributed by atoms with van der Waals surface area (Å²) in [5.41, 5.74) is 17.5. The Kier molecular flexibility index (Phi) is 7.54. The summed E-state index contributed by atoms with van der Waals surface area (Å²) >= 11 is 0. The Bertz CT molecular complexity index is 3290. The molecule has 2 aliphatic rings. The molecular formula is C56H38N4. The van der Waals surface area contributed by atoms with Gasteiger partial charge in [0.25, 0.3) is 0 Å². The van der Waals surface area contributed by atoms with Crippen LogP contribution in [0.15, 0.2) is 188 Å². The fourth-order valence-corrected chi connectivity index (χ4v) is 10.1. The third kappa shape index (κ3) is 4.94. The molecule has 2 aromatic heterocycles. The molecule has 2 heterocycles. The van der Waals surface area contributed by atoms with Crippen molar-refractivity contribution in [3.63, 3.8) is 0 Å². The average Bonchev–Trinajstić information content (AvgIpc) is 3.88. The lowest BCUT2D eigenvalue weighted by molar-refractivity contribution is 0.795. The number of aromatic nitrogens is 4. The molecule has 8 aromatic carbocycles. The lowest BCUT2D eigenvalue weighted by atomic mass is 9.70. The Morgan fingerprint density at radius 3 is 1.60 bits per heavy atom. The van der Waals surface area contributed by atoms with Crippen molar-refractivity contribution in [2.75, 3.05) is 0 Å². The van der Waals surface area contributed by atoms with Gasteiger partial charge in [0, 0.05) is 33.5 Å². The van der Waals surface area contributed by atoms with Gasteiger partial charge >= 0.3 is 0 Å². The molecule has 0 fully saturated rings. The van der Waals surface area contributed by atoms with E-state index in [1.807, 2.05) is 36.4 Å². The van der Waals surface area contributed by atoms with Crippen molar-refractivity contribution < 1.29 is 0 Å². The number of allylic oxidation sites excluding steroid dienone is 1. The fraction of sp³-hybridized carbons (Fsp3) is 0.0536. The van der Waals surface area contributed by atoms with Gasteiger partial charge in [-0.15, -0.1) is 0 Å². The smallest absolute Gasteiger partial charge is 0.164 e. The van der Waals surface area contributed by atoms with Gasteiger partial charge in [0.1, 0.15) is 0 Å². The minimum Gasteiger partial charge on any atom is -0.313 e. The molecule has 0 unspecified atom stereocenters. The van der Waals surface area contributed by atoms with Crippen molar-refractivity contribution in [3.8, 4) is 50.7 Å².